The van der Waals surface area contributed by atoms with Crippen LogP contribution in [0.15, 0.2) is 16.9 Å². The normalized spacial score (nSPS) is 10.5. The zero-order chi connectivity index (χ0) is 12.6. The van der Waals surface area contributed by atoms with Crippen molar-refractivity contribution >= 4 is 47.0 Å². The Hall–Kier alpha value is -0.880. The smallest absolute Gasteiger partial charge is 0.278 e. The first-order valence-corrected chi connectivity index (χ1v) is 5.87. The average Bonchev–Trinajstić information content (AvgIpc) is 2.24. The van der Waals surface area contributed by atoms with Crippen molar-refractivity contribution in [1.29, 1.82) is 0 Å². The average molecular weight is 309 g/mol. The molecule has 0 atom stereocenters. The molecule has 1 aromatic heterocycles. The molecule has 1 heterocycles. The van der Waals surface area contributed by atoms with Crippen LogP contribution in [0.1, 0.15) is 0 Å². The van der Waals surface area contributed by atoms with Gasteiger partial charge in [0.05, 0.1) is 10.0 Å². The molecule has 0 radical (unpaired) electrons. The third-order valence-electron chi connectivity index (χ3n) is 1.96. The van der Waals surface area contributed by atoms with Crippen molar-refractivity contribution < 1.29 is 0 Å². The maximum Gasteiger partial charge on any atom is 0.278 e. The number of rotatable bonds is 1. The van der Waals surface area contributed by atoms with Crippen LogP contribution in [0.25, 0.3) is 11.3 Å². The summed E-state index contributed by atoms with van der Waals surface area (Å²) in [5.41, 5.74) is -0.0429. The Kier molecular flexibility index (Phi) is 3.53. The van der Waals surface area contributed by atoms with Gasteiger partial charge in [0.15, 0.2) is 10.5 Å². The van der Waals surface area contributed by atoms with Crippen LogP contribution in [0.4, 0.5) is 0 Å². The highest BCUT2D eigenvalue weighted by atomic mass is 35.5. The molecular formula is C9H4Cl3N3OS. The van der Waals surface area contributed by atoms with Crippen LogP contribution in [0.2, 0.25) is 15.1 Å². The summed E-state index contributed by atoms with van der Waals surface area (Å²) in [5.74, 6) is 0. The lowest BCUT2D eigenvalue weighted by atomic mass is 10.1. The summed E-state index contributed by atoms with van der Waals surface area (Å²) in [7, 11) is 0. The lowest BCUT2D eigenvalue weighted by Gasteiger charge is -2.04. The predicted molar refractivity (Wildman–Crippen MR) is 70.5 cm³/mol. The molecule has 0 aliphatic heterocycles. The Morgan fingerprint density at radius 2 is 1.94 bits per heavy atom. The molecule has 0 saturated carbocycles. The molecule has 4 nitrogen and oxygen atoms in total. The molecule has 0 bridgehead atoms. The SMILES string of the molecule is O=c1[nH]c(=S)[nH]nc1-c1cc(Cl)cc(Cl)c1Cl. The zero-order valence-electron chi connectivity index (χ0n) is 8.05. The lowest BCUT2D eigenvalue weighted by Crippen LogP contribution is -2.13. The molecule has 2 rings (SSSR count). The molecule has 0 aliphatic carbocycles. The van der Waals surface area contributed by atoms with Crippen LogP contribution in [-0.2, 0) is 0 Å². The van der Waals surface area contributed by atoms with Gasteiger partial charge in [-0.25, -0.2) is 0 Å². The molecule has 0 aliphatic rings. The quantitative estimate of drug-likeness (QED) is 0.626. The molecule has 0 amide bonds. The highest BCUT2D eigenvalue weighted by Crippen LogP contribution is 2.34. The molecule has 2 N–H and O–H groups in total. The summed E-state index contributed by atoms with van der Waals surface area (Å²) >= 11 is 22.4. The van der Waals surface area contributed by atoms with Crippen LogP contribution in [-0.4, -0.2) is 15.2 Å². The number of H-pyrrole nitrogens is 2. The van der Waals surface area contributed by atoms with E-state index in [9.17, 15) is 4.79 Å². The van der Waals surface area contributed by atoms with E-state index in [1.165, 1.54) is 12.1 Å². The van der Waals surface area contributed by atoms with Crippen LogP contribution in [0, 0.1) is 4.77 Å². The van der Waals surface area contributed by atoms with Gasteiger partial charge >= 0.3 is 0 Å². The summed E-state index contributed by atoms with van der Waals surface area (Å²) in [4.78, 5) is 14.1. The van der Waals surface area contributed by atoms with E-state index in [0.717, 1.165) is 0 Å². The maximum absolute atomic E-state index is 11.7. The Morgan fingerprint density at radius 3 is 2.59 bits per heavy atom. The van der Waals surface area contributed by atoms with Crippen molar-refractivity contribution in [2.45, 2.75) is 0 Å². The highest BCUT2D eigenvalue weighted by Gasteiger charge is 2.13. The molecule has 17 heavy (non-hydrogen) atoms. The summed E-state index contributed by atoms with van der Waals surface area (Å²) in [6.07, 6.45) is 0. The monoisotopic (exact) mass is 307 g/mol. The van der Waals surface area contributed by atoms with E-state index in [1.807, 2.05) is 0 Å². The van der Waals surface area contributed by atoms with Gasteiger partial charge in [0.2, 0.25) is 0 Å². The number of nitrogens with one attached hydrogen (secondary N) is 2. The van der Waals surface area contributed by atoms with E-state index in [4.69, 9.17) is 47.0 Å². The number of hydrogen-bond acceptors (Lipinski definition) is 3. The van der Waals surface area contributed by atoms with Crippen LogP contribution >= 0.6 is 47.0 Å². The lowest BCUT2D eigenvalue weighted by molar-refractivity contribution is 0.932. The Morgan fingerprint density at radius 1 is 1.24 bits per heavy atom. The second-order valence-corrected chi connectivity index (χ2v) is 4.73. The minimum atomic E-state index is -0.464. The molecule has 0 saturated heterocycles. The zero-order valence-corrected chi connectivity index (χ0v) is 11.1. The van der Waals surface area contributed by atoms with Gasteiger partial charge in [-0.3, -0.25) is 14.9 Å². The fourth-order valence-electron chi connectivity index (χ4n) is 1.26. The van der Waals surface area contributed by atoms with Gasteiger partial charge < -0.3 is 0 Å². The minimum Gasteiger partial charge on any atom is -0.296 e. The standard InChI is InChI=1S/C9H4Cl3N3OS/c10-3-1-4(6(12)5(11)2-3)7-8(16)13-9(17)15-14-7/h1-2H,(H2,13,15,16,17). The van der Waals surface area contributed by atoms with Gasteiger partial charge in [-0.05, 0) is 24.4 Å². The van der Waals surface area contributed by atoms with Gasteiger partial charge in [0.1, 0.15) is 0 Å². The Balaban J connectivity index is 2.77. The van der Waals surface area contributed by atoms with Crippen molar-refractivity contribution in [2.24, 2.45) is 0 Å². The third kappa shape index (κ3) is 2.52. The van der Waals surface area contributed by atoms with Gasteiger partial charge in [0, 0.05) is 10.6 Å². The number of nitrogens with zero attached hydrogens (tertiary/aromatic N) is 1. The Labute approximate surface area is 116 Å². The van der Waals surface area contributed by atoms with Gasteiger partial charge in [-0.2, -0.15) is 5.10 Å². The first-order valence-electron chi connectivity index (χ1n) is 4.33. The van der Waals surface area contributed by atoms with Crippen LogP contribution in [0.5, 0.6) is 0 Å². The highest BCUT2D eigenvalue weighted by molar-refractivity contribution is 7.71. The number of halogens is 3. The summed E-state index contributed by atoms with van der Waals surface area (Å²) in [6, 6.07) is 2.98. The summed E-state index contributed by atoms with van der Waals surface area (Å²) < 4.78 is 0.128. The largest absolute Gasteiger partial charge is 0.296 e. The van der Waals surface area contributed by atoms with Crippen molar-refractivity contribution in [1.82, 2.24) is 15.2 Å². The predicted octanol–water partition coefficient (Wildman–Crippen LogP) is 3.45. The molecular weight excluding hydrogens is 305 g/mol. The fraction of sp³-hybridized carbons (Fsp3) is 0. The number of hydrogen-bond donors (Lipinski definition) is 2. The van der Waals surface area contributed by atoms with E-state index in [0.29, 0.717) is 10.6 Å². The minimum absolute atomic E-state index is 0.0769. The van der Waals surface area contributed by atoms with Crippen LogP contribution in [0.3, 0.4) is 0 Å². The Bertz CT molecular complexity index is 695. The molecule has 0 unspecified atom stereocenters. The first kappa shape index (κ1) is 12.6. The van der Waals surface area contributed by atoms with Crippen molar-refractivity contribution in [3.05, 3.63) is 42.3 Å². The number of aromatic nitrogens is 3. The first-order chi connectivity index (χ1) is 7.99. The number of benzene rings is 1. The van der Waals surface area contributed by atoms with Crippen molar-refractivity contribution in [2.75, 3.05) is 0 Å². The maximum atomic E-state index is 11.7. The molecule has 0 spiro atoms. The third-order valence-corrected chi connectivity index (χ3v) is 3.17. The van der Waals surface area contributed by atoms with Gasteiger partial charge in [0.25, 0.3) is 5.56 Å². The van der Waals surface area contributed by atoms with E-state index in [1.54, 1.807) is 0 Å². The van der Waals surface area contributed by atoms with Gasteiger partial charge in [-0.15, -0.1) is 0 Å². The van der Waals surface area contributed by atoms with E-state index >= 15 is 0 Å². The van der Waals surface area contributed by atoms with Crippen LogP contribution < -0.4 is 5.56 Å². The van der Waals surface area contributed by atoms with Crippen molar-refractivity contribution in [3.63, 3.8) is 0 Å². The molecule has 1 aromatic carbocycles. The second kappa shape index (κ2) is 4.78. The van der Waals surface area contributed by atoms with E-state index < -0.39 is 5.56 Å². The number of aromatic amines is 2. The topological polar surface area (TPSA) is 61.5 Å². The summed E-state index contributed by atoms with van der Waals surface area (Å²) in [6.45, 7) is 0. The molecule has 0 fully saturated rings. The van der Waals surface area contributed by atoms with Crippen molar-refractivity contribution in [3.8, 4) is 11.3 Å². The van der Waals surface area contributed by atoms with E-state index in [-0.39, 0.29) is 20.5 Å². The van der Waals surface area contributed by atoms with Gasteiger partial charge in [-0.1, -0.05) is 34.8 Å². The summed E-state index contributed by atoms with van der Waals surface area (Å²) in [5, 5.41) is 7.10. The second-order valence-electron chi connectivity index (χ2n) is 3.10. The molecule has 88 valence electrons. The fourth-order valence-corrected chi connectivity index (χ4v) is 2.09. The van der Waals surface area contributed by atoms with E-state index in [2.05, 4.69) is 15.2 Å². The molecule has 8 heteroatoms. The molecule has 2 aromatic rings.